The van der Waals surface area contributed by atoms with Crippen LogP contribution in [-0.4, -0.2) is 19.2 Å². The molecule has 3 rings (SSSR count). The lowest BCUT2D eigenvalue weighted by molar-refractivity contribution is 0.120. The second-order valence-corrected chi connectivity index (χ2v) is 4.93. The molecule has 1 saturated heterocycles. The standard InChI is InChI=1S/C14H19NO/c1-2-13(3-1)16-14-6-4-11(5-7-14)12-8-9-15-10-12/h4-7,12-13,15H,1-3,8-10H2. The van der Waals surface area contributed by atoms with E-state index < -0.39 is 0 Å². The Hall–Kier alpha value is -1.02. The molecule has 1 aromatic rings. The maximum atomic E-state index is 5.85. The summed E-state index contributed by atoms with van der Waals surface area (Å²) in [5.74, 6) is 1.75. The molecule has 86 valence electrons. The molecule has 1 atom stereocenters. The van der Waals surface area contributed by atoms with Crippen LogP contribution in [0.5, 0.6) is 5.75 Å². The molecular weight excluding hydrogens is 198 g/mol. The van der Waals surface area contributed by atoms with Crippen molar-refractivity contribution >= 4 is 0 Å². The number of hydrogen-bond donors (Lipinski definition) is 1. The third kappa shape index (κ3) is 2.07. The Morgan fingerprint density at radius 3 is 2.44 bits per heavy atom. The van der Waals surface area contributed by atoms with Crippen LogP contribution in [0, 0.1) is 0 Å². The number of benzene rings is 1. The number of hydrogen-bond acceptors (Lipinski definition) is 2. The second-order valence-electron chi connectivity index (χ2n) is 4.93. The highest BCUT2D eigenvalue weighted by Crippen LogP contribution is 2.27. The second kappa shape index (κ2) is 4.46. The van der Waals surface area contributed by atoms with E-state index in [0.29, 0.717) is 12.0 Å². The maximum Gasteiger partial charge on any atom is 0.119 e. The lowest BCUT2D eigenvalue weighted by atomic mass is 9.96. The summed E-state index contributed by atoms with van der Waals surface area (Å²) >= 11 is 0. The minimum atomic E-state index is 0.485. The van der Waals surface area contributed by atoms with Crippen molar-refractivity contribution in [3.05, 3.63) is 29.8 Å². The van der Waals surface area contributed by atoms with Gasteiger partial charge in [-0.05, 0) is 55.8 Å². The van der Waals surface area contributed by atoms with E-state index in [2.05, 4.69) is 29.6 Å². The summed E-state index contributed by atoms with van der Waals surface area (Å²) in [5, 5.41) is 3.40. The molecule has 1 N–H and O–H groups in total. The molecule has 1 aromatic carbocycles. The van der Waals surface area contributed by atoms with Crippen molar-refractivity contribution in [2.24, 2.45) is 0 Å². The van der Waals surface area contributed by atoms with Gasteiger partial charge in [-0.1, -0.05) is 12.1 Å². The molecule has 2 heteroatoms. The van der Waals surface area contributed by atoms with Gasteiger partial charge in [0, 0.05) is 6.54 Å². The molecule has 0 spiro atoms. The summed E-state index contributed by atoms with van der Waals surface area (Å²) < 4.78 is 5.85. The quantitative estimate of drug-likeness (QED) is 0.840. The van der Waals surface area contributed by atoms with Crippen LogP contribution in [0.25, 0.3) is 0 Å². The van der Waals surface area contributed by atoms with E-state index in [-0.39, 0.29) is 0 Å². The minimum Gasteiger partial charge on any atom is -0.490 e. The zero-order valence-electron chi connectivity index (χ0n) is 9.61. The first-order valence-corrected chi connectivity index (χ1v) is 6.39. The third-order valence-electron chi connectivity index (χ3n) is 3.77. The first-order valence-electron chi connectivity index (χ1n) is 6.39. The van der Waals surface area contributed by atoms with Crippen molar-refractivity contribution in [1.82, 2.24) is 5.32 Å². The normalized spacial score (nSPS) is 25.4. The number of ether oxygens (including phenoxy) is 1. The molecular formula is C14H19NO. The van der Waals surface area contributed by atoms with E-state index in [1.165, 1.54) is 31.2 Å². The van der Waals surface area contributed by atoms with Gasteiger partial charge in [-0.15, -0.1) is 0 Å². The minimum absolute atomic E-state index is 0.485. The van der Waals surface area contributed by atoms with Crippen LogP contribution in [0.2, 0.25) is 0 Å². The fraction of sp³-hybridized carbons (Fsp3) is 0.571. The molecule has 1 saturated carbocycles. The van der Waals surface area contributed by atoms with Gasteiger partial charge in [0.1, 0.15) is 5.75 Å². The van der Waals surface area contributed by atoms with Crippen molar-refractivity contribution in [2.75, 3.05) is 13.1 Å². The highest BCUT2D eigenvalue weighted by atomic mass is 16.5. The summed E-state index contributed by atoms with van der Waals surface area (Å²) in [7, 11) is 0. The van der Waals surface area contributed by atoms with E-state index in [9.17, 15) is 0 Å². The Labute approximate surface area is 97.0 Å². The fourth-order valence-electron chi connectivity index (χ4n) is 2.44. The Bertz CT molecular complexity index is 336. The van der Waals surface area contributed by atoms with Crippen LogP contribution in [0.4, 0.5) is 0 Å². The van der Waals surface area contributed by atoms with Crippen molar-refractivity contribution in [3.63, 3.8) is 0 Å². The average molecular weight is 217 g/mol. The predicted molar refractivity (Wildman–Crippen MR) is 64.9 cm³/mol. The lowest BCUT2D eigenvalue weighted by Gasteiger charge is -2.26. The monoisotopic (exact) mass is 217 g/mol. The molecule has 0 bridgehead atoms. The zero-order valence-corrected chi connectivity index (χ0v) is 9.61. The molecule has 0 radical (unpaired) electrons. The molecule has 1 heterocycles. The van der Waals surface area contributed by atoms with Crippen molar-refractivity contribution in [1.29, 1.82) is 0 Å². The molecule has 16 heavy (non-hydrogen) atoms. The number of nitrogens with one attached hydrogen (secondary N) is 1. The van der Waals surface area contributed by atoms with Gasteiger partial charge in [0.15, 0.2) is 0 Å². The zero-order chi connectivity index (χ0) is 10.8. The van der Waals surface area contributed by atoms with Crippen LogP contribution in [0.15, 0.2) is 24.3 Å². The highest BCUT2D eigenvalue weighted by molar-refractivity contribution is 5.30. The van der Waals surface area contributed by atoms with Crippen molar-refractivity contribution in [3.8, 4) is 5.75 Å². The maximum absolute atomic E-state index is 5.85. The lowest BCUT2D eigenvalue weighted by Crippen LogP contribution is -2.24. The van der Waals surface area contributed by atoms with Crippen molar-refractivity contribution in [2.45, 2.75) is 37.7 Å². The van der Waals surface area contributed by atoms with Gasteiger partial charge in [0.25, 0.3) is 0 Å². The highest BCUT2D eigenvalue weighted by Gasteiger charge is 2.19. The molecule has 1 aliphatic carbocycles. The number of rotatable bonds is 3. The van der Waals surface area contributed by atoms with E-state index in [1.807, 2.05) is 0 Å². The smallest absolute Gasteiger partial charge is 0.119 e. The van der Waals surface area contributed by atoms with Crippen LogP contribution in [0.3, 0.4) is 0 Å². The average Bonchev–Trinajstić information content (AvgIpc) is 2.78. The van der Waals surface area contributed by atoms with E-state index in [0.717, 1.165) is 18.8 Å². The first kappa shape index (κ1) is 10.2. The Kier molecular flexibility index (Phi) is 2.83. The SMILES string of the molecule is c1cc(C2CCNC2)ccc1OC1CCC1. The first-order chi connectivity index (χ1) is 7.92. The summed E-state index contributed by atoms with van der Waals surface area (Å²) in [4.78, 5) is 0. The van der Waals surface area contributed by atoms with E-state index in [4.69, 9.17) is 4.74 Å². The predicted octanol–water partition coefficient (Wildman–Crippen LogP) is 2.69. The van der Waals surface area contributed by atoms with Crippen LogP contribution < -0.4 is 10.1 Å². The molecule has 1 unspecified atom stereocenters. The summed E-state index contributed by atoms with van der Waals surface area (Å²) in [5.41, 5.74) is 1.45. The van der Waals surface area contributed by atoms with E-state index in [1.54, 1.807) is 0 Å². The largest absolute Gasteiger partial charge is 0.490 e. The molecule has 2 fully saturated rings. The molecule has 1 aliphatic heterocycles. The van der Waals surface area contributed by atoms with Gasteiger partial charge in [-0.2, -0.15) is 0 Å². The molecule has 2 aliphatic rings. The van der Waals surface area contributed by atoms with Gasteiger partial charge < -0.3 is 10.1 Å². The summed E-state index contributed by atoms with van der Waals surface area (Å²) in [6.07, 6.45) is 5.54. The fourth-order valence-corrected chi connectivity index (χ4v) is 2.44. The van der Waals surface area contributed by atoms with Gasteiger partial charge in [0.05, 0.1) is 6.10 Å². The van der Waals surface area contributed by atoms with Gasteiger partial charge >= 0.3 is 0 Å². The summed E-state index contributed by atoms with van der Waals surface area (Å²) in [6, 6.07) is 8.72. The molecule has 2 nitrogen and oxygen atoms in total. The molecule has 0 aromatic heterocycles. The van der Waals surface area contributed by atoms with Crippen molar-refractivity contribution < 1.29 is 4.74 Å². The Morgan fingerprint density at radius 2 is 1.88 bits per heavy atom. The topological polar surface area (TPSA) is 21.3 Å². The van der Waals surface area contributed by atoms with Crippen LogP contribution in [0.1, 0.15) is 37.2 Å². The van der Waals surface area contributed by atoms with Crippen LogP contribution >= 0.6 is 0 Å². The third-order valence-corrected chi connectivity index (χ3v) is 3.77. The van der Waals surface area contributed by atoms with Gasteiger partial charge in [0.2, 0.25) is 0 Å². The van der Waals surface area contributed by atoms with Crippen LogP contribution in [-0.2, 0) is 0 Å². The Morgan fingerprint density at radius 1 is 1.06 bits per heavy atom. The van der Waals surface area contributed by atoms with E-state index >= 15 is 0 Å². The van der Waals surface area contributed by atoms with Gasteiger partial charge in [-0.25, -0.2) is 0 Å². The van der Waals surface area contributed by atoms with Gasteiger partial charge in [-0.3, -0.25) is 0 Å². The molecule has 0 amide bonds. The summed E-state index contributed by atoms with van der Waals surface area (Å²) in [6.45, 7) is 2.29. The Balaban J connectivity index is 1.64.